The molecule has 1 fully saturated rings. The molecule has 1 saturated heterocycles. The van der Waals surface area contributed by atoms with E-state index in [1.54, 1.807) is 0 Å². The van der Waals surface area contributed by atoms with Gasteiger partial charge in [0.25, 0.3) is 0 Å². The van der Waals surface area contributed by atoms with E-state index >= 15 is 0 Å². The van der Waals surface area contributed by atoms with E-state index in [-0.39, 0.29) is 24.9 Å². The van der Waals surface area contributed by atoms with Crippen LogP contribution in [-0.2, 0) is 16.0 Å². The van der Waals surface area contributed by atoms with Crippen LogP contribution in [0.1, 0.15) is 17.5 Å². The van der Waals surface area contributed by atoms with E-state index in [4.69, 9.17) is 5.11 Å². The summed E-state index contributed by atoms with van der Waals surface area (Å²) < 4.78 is 0. The van der Waals surface area contributed by atoms with Crippen LogP contribution < -0.4 is 4.90 Å². The zero-order valence-corrected chi connectivity index (χ0v) is 15.0. The predicted molar refractivity (Wildman–Crippen MR) is 101 cm³/mol. The van der Waals surface area contributed by atoms with Gasteiger partial charge in [-0.3, -0.25) is 14.5 Å². The van der Waals surface area contributed by atoms with Crippen molar-refractivity contribution >= 4 is 17.6 Å². The molecule has 0 radical (unpaired) electrons. The molecule has 26 heavy (non-hydrogen) atoms. The first kappa shape index (κ1) is 18.1. The van der Waals surface area contributed by atoms with Gasteiger partial charge >= 0.3 is 5.97 Å². The highest BCUT2D eigenvalue weighted by molar-refractivity contribution is 5.95. The van der Waals surface area contributed by atoms with Crippen LogP contribution in [0.4, 0.5) is 5.69 Å². The summed E-state index contributed by atoms with van der Waals surface area (Å²) in [7, 11) is 0. The average Bonchev–Trinajstić information content (AvgIpc) is 2.63. The molecule has 1 aliphatic rings. The third-order valence-corrected chi connectivity index (χ3v) is 4.82. The number of rotatable bonds is 6. The highest BCUT2D eigenvalue weighted by Crippen LogP contribution is 2.23. The lowest BCUT2D eigenvalue weighted by Gasteiger charge is -2.41. The molecular weight excluding hydrogens is 328 g/mol. The Kier molecular flexibility index (Phi) is 5.68. The number of nitrogens with zero attached hydrogens (tertiary/aromatic N) is 2. The van der Waals surface area contributed by atoms with Crippen LogP contribution in [0.25, 0.3) is 0 Å². The first-order valence-corrected chi connectivity index (χ1v) is 8.90. The Bertz CT molecular complexity index is 759. The largest absolute Gasteiger partial charge is 0.481 e. The van der Waals surface area contributed by atoms with Gasteiger partial charge in [-0.1, -0.05) is 48.0 Å². The highest BCUT2D eigenvalue weighted by Gasteiger charge is 2.32. The predicted octanol–water partition coefficient (Wildman–Crippen LogP) is 2.73. The number of benzene rings is 2. The molecule has 0 saturated carbocycles. The summed E-state index contributed by atoms with van der Waals surface area (Å²) in [5.41, 5.74) is 3.25. The molecule has 0 aromatic heterocycles. The molecule has 3 rings (SSSR count). The second kappa shape index (κ2) is 8.15. The smallest absolute Gasteiger partial charge is 0.304 e. The quantitative estimate of drug-likeness (QED) is 0.868. The van der Waals surface area contributed by atoms with Gasteiger partial charge in [0, 0.05) is 24.8 Å². The molecule has 2 aromatic rings. The number of aryl methyl sites for hydroxylation is 1. The van der Waals surface area contributed by atoms with E-state index in [1.807, 2.05) is 59.2 Å². The lowest BCUT2D eigenvalue weighted by molar-refractivity contribution is -0.138. The van der Waals surface area contributed by atoms with E-state index in [0.29, 0.717) is 13.1 Å². The zero-order chi connectivity index (χ0) is 18.5. The molecule has 0 spiro atoms. The Hall–Kier alpha value is -2.66. The summed E-state index contributed by atoms with van der Waals surface area (Å²) in [6, 6.07) is 18.2. The van der Waals surface area contributed by atoms with Crippen molar-refractivity contribution in [3.63, 3.8) is 0 Å². The molecule has 1 unspecified atom stereocenters. The lowest BCUT2D eigenvalue weighted by Crippen LogP contribution is -2.57. The molecule has 5 nitrogen and oxygen atoms in total. The number of anilines is 1. The second-order valence-electron chi connectivity index (χ2n) is 6.80. The highest BCUT2D eigenvalue weighted by atomic mass is 16.4. The van der Waals surface area contributed by atoms with E-state index in [0.717, 1.165) is 17.7 Å². The van der Waals surface area contributed by atoms with Gasteiger partial charge in [-0.15, -0.1) is 0 Å². The summed E-state index contributed by atoms with van der Waals surface area (Å²) in [6.45, 7) is 3.23. The lowest BCUT2D eigenvalue weighted by atomic mass is 10.0. The Balaban J connectivity index is 1.80. The Morgan fingerprint density at radius 2 is 1.81 bits per heavy atom. The van der Waals surface area contributed by atoms with Gasteiger partial charge in [0.1, 0.15) is 0 Å². The molecule has 136 valence electrons. The van der Waals surface area contributed by atoms with Crippen LogP contribution in [0.2, 0.25) is 0 Å². The van der Waals surface area contributed by atoms with Crippen molar-refractivity contribution in [2.45, 2.75) is 25.8 Å². The van der Waals surface area contributed by atoms with Gasteiger partial charge in [0.15, 0.2) is 0 Å². The van der Waals surface area contributed by atoms with Crippen molar-refractivity contribution in [1.29, 1.82) is 0 Å². The van der Waals surface area contributed by atoms with Crippen molar-refractivity contribution < 1.29 is 14.7 Å². The molecule has 0 bridgehead atoms. The van der Waals surface area contributed by atoms with Gasteiger partial charge in [0.05, 0.1) is 13.0 Å². The minimum atomic E-state index is -0.836. The molecule has 0 aliphatic carbocycles. The molecule has 1 N–H and O–H groups in total. The van der Waals surface area contributed by atoms with Crippen LogP contribution >= 0.6 is 0 Å². The number of carboxylic acid groups (broad SMARTS) is 1. The third-order valence-electron chi connectivity index (χ3n) is 4.82. The topological polar surface area (TPSA) is 60.9 Å². The number of amides is 1. The molecule has 1 aliphatic heterocycles. The maximum atomic E-state index is 12.7. The molecule has 1 atom stereocenters. The van der Waals surface area contributed by atoms with Crippen molar-refractivity contribution in [3.05, 3.63) is 65.7 Å². The van der Waals surface area contributed by atoms with Gasteiger partial charge < -0.3 is 10.0 Å². The van der Waals surface area contributed by atoms with Crippen LogP contribution in [0.15, 0.2) is 54.6 Å². The Morgan fingerprint density at radius 1 is 1.12 bits per heavy atom. The van der Waals surface area contributed by atoms with E-state index < -0.39 is 5.97 Å². The minimum Gasteiger partial charge on any atom is -0.481 e. The first-order chi connectivity index (χ1) is 12.5. The van der Waals surface area contributed by atoms with Crippen LogP contribution in [0.3, 0.4) is 0 Å². The van der Waals surface area contributed by atoms with Crippen LogP contribution in [0.5, 0.6) is 0 Å². The third kappa shape index (κ3) is 4.49. The average molecular weight is 352 g/mol. The number of carbonyl (C=O) groups excluding carboxylic acids is 1. The molecular formula is C21H24N2O3. The minimum absolute atomic E-state index is 0.0172. The van der Waals surface area contributed by atoms with Crippen molar-refractivity contribution in [3.8, 4) is 0 Å². The van der Waals surface area contributed by atoms with Crippen molar-refractivity contribution in [1.82, 2.24) is 4.90 Å². The molecule has 2 aromatic carbocycles. The Morgan fingerprint density at radius 3 is 2.46 bits per heavy atom. The maximum absolute atomic E-state index is 12.7. The maximum Gasteiger partial charge on any atom is 0.304 e. The number of aliphatic carboxylic acids is 1. The fourth-order valence-electron chi connectivity index (χ4n) is 3.37. The SMILES string of the molecule is Cc1ccc(N2CC(Cc3ccccc3)N(CCC(=O)O)CC2=O)cc1. The fraction of sp³-hybridized carbons (Fsp3) is 0.333. The standard InChI is InChI=1S/C21H24N2O3/c1-16-7-9-18(10-8-16)23-14-19(13-17-5-3-2-4-6-17)22(15-20(23)24)12-11-21(25)26/h2-10,19H,11-15H2,1H3,(H,25,26). The number of hydrogen-bond acceptors (Lipinski definition) is 3. The summed E-state index contributed by atoms with van der Waals surface area (Å²) in [5, 5.41) is 9.02. The summed E-state index contributed by atoms with van der Waals surface area (Å²) in [5.74, 6) is -0.819. The van der Waals surface area contributed by atoms with Gasteiger partial charge in [-0.2, -0.15) is 0 Å². The van der Waals surface area contributed by atoms with Gasteiger partial charge in [-0.25, -0.2) is 0 Å². The van der Waals surface area contributed by atoms with E-state index in [1.165, 1.54) is 5.56 Å². The van der Waals surface area contributed by atoms with Crippen LogP contribution in [0, 0.1) is 6.92 Å². The number of hydrogen-bond donors (Lipinski definition) is 1. The van der Waals surface area contributed by atoms with Crippen molar-refractivity contribution in [2.24, 2.45) is 0 Å². The number of carbonyl (C=O) groups is 2. The molecule has 1 amide bonds. The van der Waals surface area contributed by atoms with Crippen LogP contribution in [-0.4, -0.2) is 47.6 Å². The summed E-state index contributed by atoms with van der Waals surface area (Å²) in [6.07, 6.45) is 0.833. The van der Waals surface area contributed by atoms with Gasteiger partial charge in [0.2, 0.25) is 5.91 Å². The monoisotopic (exact) mass is 352 g/mol. The number of carboxylic acids is 1. The first-order valence-electron chi connectivity index (χ1n) is 8.90. The van der Waals surface area contributed by atoms with Gasteiger partial charge in [-0.05, 0) is 31.0 Å². The van der Waals surface area contributed by atoms with E-state index in [2.05, 4.69) is 12.1 Å². The summed E-state index contributed by atoms with van der Waals surface area (Å²) >= 11 is 0. The van der Waals surface area contributed by atoms with Crippen molar-refractivity contribution in [2.75, 3.05) is 24.5 Å². The zero-order valence-electron chi connectivity index (χ0n) is 15.0. The normalized spacial score (nSPS) is 18.1. The fourth-order valence-corrected chi connectivity index (χ4v) is 3.37. The Labute approximate surface area is 153 Å². The second-order valence-corrected chi connectivity index (χ2v) is 6.80. The number of piperazine rings is 1. The molecule has 1 heterocycles. The molecule has 5 heteroatoms. The summed E-state index contributed by atoms with van der Waals surface area (Å²) in [4.78, 5) is 27.5. The van der Waals surface area contributed by atoms with E-state index in [9.17, 15) is 9.59 Å².